The van der Waals surface area contributed by atoms with Gasteiger partial charge >= 0.3 is 0 Å². The molecule has 49 heavy (non-hydrogen) atoms. The first kappa shape index (κ1) is 34.1. The number of hydrogen-bond acceptors (Lipinski definition) is 8. The van der Waals surface area contributed by atoms with Crippen molar-refractivity contribution >= 4 is 23.3 Å². The van der Waals surface area contributed by atoms with Crippen molar-refractivity contribution in [2.24, 2.45) is 23.5 Å². The van der Waals surface area contributed by atoms with E-state index in [9.17, 15) is 14.4 Å². The number of benzene rings is 3. The molecule has 1 saturated carbocycles. The number of aromatic amines is 1. The molecule has 1 aliphatic carbocycles. The Morgan fingerprint density at radius 1 is 0.898 bits per heavy atom. The number of nitrogens with zero attached hydrogens (tertiary/aromatic N) is 4. The minimum atomic E-state index is -0.543. The number of rotatable bonds is 14. The average Bonchev–Trinajstić information content (AvgIpc) is 3.88. The predicted molar refractivity (Wildman–Crippen MR) is 189 cm³/mol. The lowest BCUT2D eigenvalue weighted by Gasteiger charge is -2.27. The first-order valence-corrected chi connectivity index (χ1v) is 17.5. The SMILES string of the molecule is NCC1CCC(C(=O)C[C@@H](Cc2cccc(-c3ccc(C(=O)NCCN4CCCC4)cc3)c2)C(=O)Nc2ccc(-c3nn[nH]n3)cc2)CC1. The molecule has 11 nitrogen and oxygen atoms in total. The van der Waals surface area contributed by atoms with Crippen molar-refractivity contribution in [1.29, 1.82) is 0 Å². The van der Waals surface area contributed by atoms with E-state index < -0.39 is 5.92 Å². The molecule has 0 bridgehead atoms. The number of H-pyrrole nitrogens is 1. The van der Waals surface area contributed by atoms with Gasteiger partial charge in [-0.3, -0.25) is 14.4 Å². The maximum atomic E-state index is 13.8. The number of likely N-dealkylation sites (tertiary alicyclic amines) is 1. The summed E-state index contributed by atoms with van der Waals surface area (Å²) in [7, 11) is 0. The topological polar surface area (TPSA) is 159 Å². The second-order valence-corrected chi connectivity index (χ2v) is 13.4. The van der Waals surface area contributed by atoms with Gasteiger partial charge in [-0.2, -0.15) is 5.21 Å². The number of nitrogens with one attached hydrogen (secondary N) is 3. The van der Waals surface area contributed by atoms with Crippen LogP contribution in [0.1, 0.15) is 60.9 Å². The predicted octanol–water partition coefficient (Wildman–Crippen LogP) is 4.88. The van der Waals surface area contributed by atoms with Crippen LogP contribution in [0.4, 0.5) is 5.69 Å². The van der Waals surface area contributed by atoms with E-state index in [-0.39, 0.29) is 29.9 Å². The monoisotopic (exact) mass is 662 g/mol. The Balaban J connectivity index is 1.12. The van der Waals surface area contributed by atoms with Crippen molar-refractivity contribution in [1.82, 2.24) is 30.8 Å². The number of amides is 2. The lowest BCUT2D eigenvalue weighted by Crippen LogP contribution is -2.33. The fourth-order valence-corrected chi connectivity index (χ4v) is 7.03. The molecule has 256 valence electrons. The van der Waals surface area contributed by atoms with Gasteiger partial charge in [0.05, 0.1) is 0 Å². The van der Waals surface area contributed by atoms with Crippen molar-refractivity contribution < 1.29 is 14.4 Å². The molecule has 2 amide bonds. The molecule has 2 aliphatic rings. The molecule has 1 atom stereocenters. The minimum absolute atomic E-state index is 0.0328. The highest BCUT2D eigenvalue weighted by molar-refractivity contribution is 5.96. The molecule has 1 aliphatic heterocycles. The molecule has 4 aromatic rings. The van der Waals surface area contributed by atoms with Crippen LogP contribution in [-0.4, -0.2) is 75.8 Å². The third-order valence-corrected chi connectivity index (χ3v) is 10.0. The highest BCUT2D eigenvalue weighted by Gasteiger charge is 2.30. The van der Waals surface area contributed by atoms with Gasteiger partial charge in [0.2, 0.25) is 11.7 Å². The van der Waals surface area contributed by atoms with Gasteiger partial charge in [-0.1, -0.05) is 36.4 Å². The van der Waals surface area contributed by atoms with Gasteiger partial charge < -0.3 is 21.3 Å². The van der Waals surface area contributed by atoms with Gasteiger partial charge in [-0.15, -0.1) is 10.2 Å². The van der Waals surface area contributed by atoms with Crippen molar-refractivity contribution in [3.8, 4) is 22.5 Å². The number of carbonyl (C=O) groups excluding carboxylic acids is 3. The maximum absolute atomic E-state index is 13.8. The van der Waals surface area contributed by atoms with Crippen LogP contribution < -0.4 is 16.4 Å². The molecule has 5 N–H and O–H groups in total. The zero-order valence-corrected chi connectivity index (χ0v) is 27.9. The number of carbonyl (C=O) groups is 3. The minimum Gasteiger partial charge on any atom is -0.351 e. The fraction of sp³-hybridized carbons (Fsp3) is 0.421. The van der Waals surface area contributed by atoms with Gasteiger partial charge in [0, 0.05) is 48.2 Å². The summed E-state index contributed by atoms with van der Waals surface area (Å²) in [6, 6.07) is 22.9. The van der Waals surface area contributed by atoms with Crippen molar-refractivity contribution in [2.45, 2.75) is 51.4 Å². The Morgan fingerprint density at radius 2 is 1.63 bits per heavy atom. The summed E-state index contributed by atoms with van der Waals surface area (Å²) >= 11 is 0. The Labute approximate surface area is 287 Å². The standard InChI is InChI=1S/C38H46N8O3/c39-25-26-6-8-29(9-7-26)35(47)24-33(38(49)41-34-16-14-30(15-17-34)36-42-44-45-43-36)23-27-4-3-5-32(22-27)28-10-12-31(13-11-28)37(48)40-18-21-46-19-1-2-20-46/h3-5,10-17,22,26,29,33H,1-2,6-9,18-21,23-25,39H2,(H,40,48)(H,41,49)(H,42,43,44,45)/t26?,29?,33-/m1/s1. The van der Waals surface area contributed by atoms with E-state index in [1.165, 1.54) is 12.8 Å². The van der Waals surface area contributed by atoms with E-state index in [0.29, 0.717) is 42.5 Å². The molecule has 1 saturated heterocycles. The first-order valence-electron chi connectivity index (χ1n) is 17.5. The second kappa shape index (κ2) is 16.6. The quantitative estimate of drug-likeness (QED) is 0.149. The maximum Gasteiger partial charge on any atom is 0.251 e. The molecule has 0 unspecified atom stereocenters. The van der Waals surface area contributed by atoms with Crippen LogP contribution in [0, 0.1) is 17.8 Å². The zero-order chi connectivity index (χ0) is 34.0. The van der Waals surface area contributed by atoms with E-state index in [1.807, 2.05) is 54.6 Å². The van der Waals surface area contributed by atoms with Crippen LogP contribution in [0.2, 0.25) is 0 Å². The molecular formula is C38H46N8O3. The second-order valence-electron chi connectivity index (χ2n) is 13.4. The van der Waals surface area contributed by atoms with Gasteiger partial charge in [0.1, 0.15) is 5.78 Å². The van der Waals surface area contributed by atoms with Crippen LogP contribution in [0.25, 0.3) is 22.5 Å². The third-order valence-electron chi connectivity index (χ3n) is 10.0. The molecule has 11 heteroatoms. The number of anilines is 1. The Hall–Kier alpha value is -4.74. The van der Waals surface area contributed by atoms with Crippen LogP contribution in [0.3, 0.4) is 0 Å². The first-order chi connectivity index (χ1) is 23.9. The highest BCUT2D eigenvalue weighted by atomic mass is 16.2. The van der Waals surface area contributed by atoms with E-state index in [0.717, 1.165) is 67.6 Å². The average molecular weight is 663 g/mol. The number of tetrazole rings is 1. The molecule has 6 rings (SSSR count). The Kier molecular flexibility index (Phi) is 11.6. The lowest BCUT2D eigenvalue weighted by molar-refractivity contribution is -0.129. The van der Waals surface area contributed by atoms with Gasteiger partial charge in [-0.05, 0) is 129 Å². The van der Waals surface area contributed by atoms with E-state index in [4.69, 9.17) is 5.73 Å². The molecule has 2 heterocycles. The van der Waals surface area contributed by atoms with Crippen molar-refractivity contribution in [3.05, 3.63) is 83.9 Å². The smallest absolute Gasteiger partial charge is 0.251 e. The van der Waals surface area contributed by atoms with Gasteiger partial charge in [0.15, 0.2) is 0 Å². The van der Waals surface area contributed by atoms with E-state index >= 15 is 0 Å². The van der Waals surface area contributed by atoms with Crippen molar-refractivity contribution in [3.63, 3.8) is 0 Å². The van der Waals surface area contributed by atoms with Crippen LogP contribution in [0.5, 0.6) is 0 Å². The Bertz CT molecular complexity index is 1680. The van der Waals surface area contributed by atoms with Gasteiger partial charge in [-0.25, -0.2) is 0 Å². The number of ketones is 1. The largest absolute Gasteiger partial charge is 0.351 e. The molecular weight excluding hydrogens is 616 g/mol. The number of aromatic nitrogens is 4. The van der Waals surface area contributed by atoms with Gasteiger partial charge in [0.25, 0.3) is 5.91 Å². The normalized spacial score (nSPS) is 18.6. The summed E-state index contributed by atoms with van der Waals surface area (Å²) in [5, 5.41) is 20.1. The summed E-state index contributed by atoms with van der Waals surface area (Å²) in [6.07, 6.45) is 6.63. The van der Waals surface area contributed by atoms with Crippen LogP contribution in [0.15, 0.2) is 72.8 Å². The van der Waals surface area contributed by atoms with Crippen LogP contribution >= 0.6 is 0 Å². The van der Waals surface area contributed by atoms with E-state index in [2.05, 4.69) is 42.2 Å². The molecule has 2 fully saturated rings. The lowest BCUT2D eigenvalue weighted by atomic mass is 9.77. The zero-order valence-electron chi connectivity index (χ0n) is 27.9. The number of Topliss-reactive ketones (excluding diaryl/α,β-unsaturated/α-hetero) is 1. The molecule has 0 radical (unpaired) electrons. The summed E-state index contributed by atoms with van der Waals surface area (Å²) in [4.78, 5) is 42.5. The summed E-state index contributed by atoms with van der Waals surface area (Å²) in [6.45, 7) is 4.39. The molecule has 1 aromatic heterocycles. The molecule has 3 aromatic carbocycles. The third kappa shape index (κ3) is 9.24. The molecule has 0 spiro atoms. The van der Waals surface area contributed by atoms with Crippen molar-refractivity contribution in [2.75, 3.05) is 38.0 Å². The van der Waals surface area contributed by atoms with E-state index in [1.54, 1.807) is 12.1 Å². The van der Waals surface area contributed by atoms with Crippen LogP contribution in [-0.2, 0) is 16.0 Å². The fourth-order valence-electron chi connectivity index (χ4n) is 7.03. The number of nitrogens with two attached hydrogens (primary N) is 1. The Morgan fingerprint density at radius 3 is 2.33 bits per heavy atom. The number of hydrogen-bond donors (Lipinski definition) is 4. The summed E-state index contributed by atoms with van der Waals surface area (Å²) < 4.78 is 0. The summed E-state index contributed by atoms with van der Waals surface area (Å²) in [5.41, 5.74) is 10.8. The summed E-state index contributed by atoms with van der Waals surface area (Å²) in [5.74, 6) is 0.253. The highest BCUT2D eigenvalue weighted by Crippen LogP contribution is 2.31.